The maximum Gasteiger partial charge on any atom is 0.310 e. The average Bonchev–Trinajstić information content (AvgIpc) is 2.38. The highest BCUT2D eigenvalue weighted by Crippen LogP contribution is 2.37. The molecular formula is C15H19ClO2. The van der Waals surface area contributed by atoms with E-state index < -0.39 is 11.9 Å². The van der Waals surface area contributed by atoms with E-state index in [0.717, 1.165) is 10.6 Å². The smallest absolute Gasteiger partial charge is 0.310 e. The van der Waals surface area contributed by atoms with Crippen molar-refractivity contribution >= 4 is 17.6 Å². The Hall–Kier alpha value is -1.02. The summed E-state index contributed by atoms with van der Waals surface area (Å²) in [7, 11) is 0. The first-order valence-electron chi connectivity index (χ1n) is 6.61. The zero-order valence-electron chi connectivity index (χ0n) is 10.7. The molecule has 0 aliphatic heterocycles. The largest absolute Gasteiger partial charge is 0.481 e. The number of aliphatic carboxylic acids is 1. The van der Waals surface area contributed by atoms with E-state index in [1.54, 1.807) is 6.92 Å². The van der Waals surface area contributed by atoms with Crippen LogP contribution >= 0.6 is 11.6 Å². The molecule has 1 aromatic rings. The fourth-order valence-electron chi connectivity index (χ4n) is 2.70. The lowest BCUT2D eigenvalue weighted by Gasteiger charge is -2.23. The summed E-state index contributed by atoms with van der Waals surface area (Å²) in [5.74, 6) is -0.750. The highest BCUT2D eigenvalue weighted by Gasteiger charge is 2.20. The molecule has 1 atom stereocenters. The highest BCUT2D eigenvalue weighted by atomic mass is 35.5. The van der Waals surface area contributed by atoms with Crippen molar-refractivity contribution in [3.63, 3.8) is 0 Å². The molecule has 0 bridgehead atoms. The molecule has 1 aliphatic carbocycles. The van der Waals surface area contributed by atoms with E-state index in [4.69, 9.17) is 16.7 Å². The van der Waals surface area contributed by atoms with Crippen molar-refractivity contribution in [2.45, 2.75) is 50.9 Å². The minimum atomic E-state index is -0.809. The molecule has 18 heavy (non-hydrogen) atoms. The number of carboxylic acid groups (broad SMARTS) is 1. The Morgan fingerprint density at radius 3 is 2.56 bits per heavy atom. The first-order valence-corrected chi connectivity index (χ1v) is 6.99. The Labute approximate surface area is 113 Å². The van der Waals surface area contributed by atoms with Crippen LogP contribution in [0.2, 0.25) is 5.02 Å². The monoisotopic (exact) mass is 266 g/mol. The lowest BCUT2D eigenvalue weighted by atomic mass is 9.83. The van der Waals surface area contributed by atoms with Crippen LogP contribution in [0.4, 0.5) is 0 Å². The highest BCUT2D eigenvalue weighted by molar-refractivity contribution is 6.31. The van der Waals surface area contributed by atoms with Crippen molar-refractivity contribution in [1.82, 2.24) is 0 Å². The summed E-state index contributed by atoms with van der Waals surface area (Å²) in [4.78, 5) is 11.0. The summed E-state index contributed by atoms with van der Waals surface area (Å²) < 4.78 is 0. The van der Waals surface area contributed by atoms with Gasteiger partial charge in [-0.25, -0.2) is 0 Å². The molecule has 0 amide bonds. The third kappa shape index (κ3) is 2.86. The van der Waals surface area contributed by atoms with Gasteiger partial charge in [-0.05, 0) is 42.9 Å². The van der Waals surface area contributed by atoms with Crippen LogP contribution in [0.15, 0.2) is 18.2 Å². The van der Waals surface area contributed by atoms with Crippen LogP contribution in [0.25, 0.3) is 0 Å². The maximum atomic E-state index is 11.0. The second kappa shape index (κ2) is 5.75. The molecule has 1 N–H and O–H groups in total. The molecule has 0 saturated heterocycles. The van der Waals surface area contributed by atoms with E-state index in [0.29, 0.717) is 5.92 Å². The first kappa shape index (κ1) is 13.4. The number of carboxylic acids is 1. The van der Waals surface area contributed by atoms with Gasteiger partial charge in [0.15, 0.2) is 0 Å². The summed E-state index contributed by atoms with van der Waals surface area (Å²) in [5.41, 5.74) is 1.98. The van der Waals surface area contributed by atoms with Gasteiger partial charge in [-0.2, -0.15) is 0 Å². The molecule has 0 radical (unpaired) electrons. The van der Waals surface area contributed by atoms with E-state index in [1.165, 1.54) is 37.7 Å². The fourth-order valence-corrected chi connectivity index (χ4v) is 3.04. The van der Waals surface area contributed by atoms with E-state index >= 15 is 0 Å². The minimum absolute atomic E-state index is 0.497. The van der Waals surface area contributed by atoms with E-state index in [1.807, 2.05) is 18.2 Å². The summed E-state index contributed by atoms with van der Waals surface area (Å²) in [6.07, 6.45) is 6.27. The Bertz CT molecular complexity index is 436. The van der Waals surface area contributed by atoms with Crippen molar-refractivity contribution in [1.29, 1.82) is 0 Å². The molecule has 0 unspecified atom stereocenters. The molecule has 1 aromatic carbocycles. The Kier molecular flexibility index (Phi) is 4.28. The van der Waals surface area contributed by atoms with Gasteiger partial charge in [0.1, 0.15) is 0 Å². The summed E-state index contributed by atoms with van der Waals surface area (Å²) in [6, 6.07) is 5.76. The first-order chi connectivity index (χ1) is 8.59. The lowest BCUT2D eigenvalue weighted by molar-refractivity contribution is -0.138. The maximum absolute atomic E-state index is 11.0. The zero-order valence-corrected chi connectivity index (χ0v) is 11.4. The minimum Gasteiger partial charge on any atom is -0.481 e. The Morgan fingerprint density at radius 2 is 2.00 bits per heavy atom. The zero-order chi connectivity index (χ0) is 13.1. The van der Waals surface area contributed by atoms with Gasteiger partial charge in [0.25, 0.3) is 0 Å². The van der Waals surface area contributed by atoms with E-state index in [9.17, 15) is 4.79 Å². The van der Waals surface area contributed by atoms with Crippen molar-refractivity contribution < 1.29 is 9.90 Å². The van der Waals surface area contributed by atoms with Gasteiger partial charge in [-0.1, -0.05) is 43.0 Å². The molecule has 3 heteroatoms. The molecular weight excluding hydrogens is 248 g/mol. The van der Waals surface area contributed by atoms with Gasteiger partial charge in [-0.3, -0.25) is 4.79 Å². The molecule has 0 spiro atoms. The van der Waals surface area contributed by atoms with Crippen LogP contribution in [-0.2, 0) is 4.79 Å². The molecule has 98 valence electrons. The second-order valence-electron chi connectivity index (χ2n) is 5.18. The van der Waals surface area contributed by atoms with Gasteiger partial charge in [-0.15, -0.1) is 0 Å². The van der Waals surface area contributed by atoms with E-state index in [2.05, 4.69) is 0 Å². The van der Waals surface area contributed by atoms with Crippen molar-refractivity contribution in [3.8, 4) is 0 Å². The van der Waals surface area contributed by atoms with Crippen LogP contribution in [0.3, 0.4) is 0 Å². The molecule has 0 heterocycles. The number of halogens is 1. The van der Waals surface area contributed by atoms with Gasteiger partial charge < -0.3 is 5.11 Å². The normalized spacial score (nSPS) is 18.6. The third-order valence-electron chi connectivity index (χ3n) is 3.94. The van der Waals surface area contributed by atoms with Gasteiger partial charge >= 0.3 is 5.97 Å². The van der Waals surface area contributed by atoms with Gasteiger partial charge in [0.2, 0.25) is 0 Å². The Balaban J connectivity index is 2.21. The number of hydrogen-bond donors (Lipinski definition) is 1. The number of rotatable bonds is 3. The SMILES string of the molecule is C[C@@H](C(=O)O)c1ccc(C2CCCCC2)c(Cl)c1. The van der Waals surface area contributed by atoms with Crippen molar-refractivity contribution in [2.75, 3.05) is 0 Å². The van der Waals surface area contributed by atoms with Crippen molar-refractivity contribution in [2.24, 2.45) is 0 Å². The molecule has 1 aliphatic rings. The Morgan fingerprint density at radius 1 is 1.33 bits per heavy atom. The summed E-state index contributed by atoms with van der Waals surface area (Å²) >= 11 is 6.32. The topological polar surface area (TPSA) is 37.3 Å². The van der Waals surface area contributed by atoms with Crippen LogP contribution in [0.5, 0.6) is 0 Å². The predicted octanol–water partition coefficient (Wildman–Crippen LogP) is 4.58. The van der Waals surface area contributed by atoms with Crippen LogP contribution in [0.1, 0.15) is 62.0 Å². The molecule has 1 saturated carbocycles. The number of carbonyl (C=O) groups is 1. The third-order valence-corrected chi connectivity index (χ3v) is 4.27. The molecule has 2 rings (SSSR count). The average molecular weight is 267 g/mol. The molecule has 2 nitrogen and oxygen atoms in total. The quantitative estimate of drug-likeness (QED) is 0.870. The number of benzene rings is 1. The van der Waals surface area contributed by atoms with Gasteiger partial charge in [0.05, 0.1) is 5.92 Å². The molecule has 1 fully saturated rings. The summed E-state index contributed by atoms with van der Waals surface area (Å²) in [5, 5.41) is 9.73. The standard InChI is InChI=1S/C15H19ClO2/c1-10(15(17)18)12-7-8-13(14(16)9-12)11-5-3-2-4-6-11/h7-11H,2-6H2,1H3,(H,17,18)/t10-/m1/s1. The van der Waals surface area contributed by atoms with Gasteiger partial charge in [0, 0.05) is 5.02 Å². The second-order valence-corrected chi connectivity index (χ2v) is 5.58. The fraction of sp³-hybridized carbons (Fsp3) is 0.533. The van der Waals surface area contributed by atoms with Crippen LogP contribution in [0, 0.1) is 0 Å². The van der Waals surface area contributed by atoms with Crippen LogP contribution < -0.4 is 0 Å². The van der Waals surface area contributed by atoms with E-state index in [-0.39, 0.29) is 0 Å². The van der Waals surface area contributed by atoms with Crippen molar-refractivity contribution in [3.05, 3.63) is 34.3 Å². The van der Waals surface area contributed by atoms with Crippen LogP contribution in [-0.4, -0.2) is 11.1 Å². The lowest BCUT2D eigenvalue weighted by Crippen LogP contribution is -2.09. The predicted molar refractivity (Wildman–Crippen MR) is 73.3 cm³/mol. The molecule has 0 aromatic heterocycles. The number of hydrogen-bond acceptors (Lipinski definition) is 1. The summed E-state index contributed by atoms with van der Waals surface area (Å²) in [6.45, 7) is 1.69.